The van der Waals surface area contributed by atoms with Gasteiger partial charge in [-0.1, -0.05) is 20.8 Å². The first kappa shape index (κ1) is 14.4. The maximum atomic E-state index is 10.9. The van der Waals surface area contributed by atoms with Crippen LogP contribution >= 0.6 is 0 Å². The van der Waals surface area contributed by atoms with Gasteiger partial charge in [0.1, 0.15) is 0 Å². The topological polar surface area (TPSA) is 38.3 Å². The van der Waals surface area contributed by atoms with Gasteiger partial charge < -0.3 is 10.1 Å². The highest BCUT2D eigenvalue weighted by molar-refractivity contribution is 5.72. The highest BCUT2D eigenvalue weighted by Gasteiger charge is 2.31. The van der Waals surface area contributed by atoms with Gasteiger partial charge in [0.2, 0.25) is 5.91 Å². The Kier molecular flexibility index (Phi) is 5.29. The van der Waals surface area contributed by atoms with Crippen molar-refractivity contribution in [3.63, 3.8) is 0 Å². The summed E-state index contributed by atoms with van der Waals surface area (Å²) in [5, 5.41) is 2.86. The number of hydrogen-bond acceptors (Lipinski definition) is 2. The Labute approximate surface area is 93.6 Å². The fourth-order valence-electron chi connectivity index (χ4n) is 1.78. The van der Waals surface area contributed by atoms with Crippen molar-refractivity contribution < 1.29 is 9.53 Å². The minimum absolute atomic E-state index is 0.0266. The Morgan fingerprint density at radius 3 is 2.20 bits per heavy atom. The number of methoxy groups -OCH3 is 1. The second-order valence-corrected chi connectivity index (χ2v) is 5.26. The zero-order valence-electron chi connectivity index (χ0n) is 10.9. The van der Waals surface area contributed by atoms with E-state index in [-0.39, 0.29) is 16.9 Å². The van der Waals surface area contributed by atoms with E-state index in [9.17, 15) is 4.79 Å². The molecule has 90 valence electrons. The number of nitrogens with one attached hydrogen (secondary N) is 1. The molecule has 0 heterocycles. The monoisotopic (exact) mass is 215 g/mol. The lowest BCUT2D eigenvalue weighted by Crippen LogP contribution is -2.39. The quantitative estimate of drug-likeness (QED) is 0.738. The molecule has 1 N–H and O–H groups in total. The van der Waals surface area contributed by atoms with Crippen molar-refractivity contribution >= 4 is 5.91 Å². The summed E-state index contributed by atoms with van der Waals surface area (Å²) in [5.41, 5.74) is -0.0333. The minimum atomic E-state index is -0.0953. The van der Waals surface area contributed by atoms with Gasteiger partial charge in [0.15, 0.2) is 0 Å². The van der Waals surface area contributed by atoms with Gasteiger partial charge in [0.25, 0.3) is 0 Å². The Balaban J connectivity index is 4.28. The number of amides is 1. The lowest BCUT2D eigenvalue weighted by molar-refractivity contribution is -0.119. The average Bonchev–Trinajstić information content (AvgIpc) is 2.14. The van der Waals surface area contributed by atoms with Gasteiger partial charge in [0.05, 0.1) is 5.60 Å². The normalized spacial score (nSPS) is 15.9. The number of carbonyl (C=O) groups is 1. The summed E-state index contributed by atoms with van der Waals surface area (Å²) in [7, 11) is 1.75. The second kappa shape index (κ2) is 5.50. The van der Waals surface area contributed by atoms with Crippen LogP contribution < -0.4 is 5.32 Å². The highest BCUT2D eigenvalue weighted by atomic mass is 16.5. The van der Waals surface area contributed by atoms with Crippen molar-refractivity contribution in [1.82, 2.24) is 5.32 Å². The first-order valence-electron chi connectivity index (χ1n) is 5.54. The summed E-state index contributed by atoms with van der Waals surface area (Å²) < 4.78 is 5.52. The fraction of sp³-hybridized carbons (Fsp3) is 0.917. The molecule has 0 saturated heterocycles. The molecule has 0 aliphatic heterocycles. The molecule has 1 atom stereocenters. The molecule has 0 aromatic carbocycles. The van der Waals surface area contributed by atoms with E-state index in [0.29, 0.717) is 6.54 Å². The maximum Gasteiger partial charge on any atom is 0.216 e. The number of hydrogen-bond donors (Lipinski definition) is 1. The van der Waals surface area contributed by atoms with Crippen LogP contribution in [0.5, 0.6) is 0 Å². The number of rotatable bonds is 6. The van der Waals surface area contributed by atoms with Gasteiger partial charge in [-0.25, -0.2) is 0 Å². The first-order valence-corrected chi connectivity index (χ1v) is 5.54. The smallest absolute Gasteiger partial charge is 0.216 e. The van der Waals surface area contributed by atoms with Crippen LogP contribution in [0, 0.1) is 5.41 Å². The van der Waals surface area contributed by atoms with Crippen molar-refractivity contribution in [2.24, 2.45) is 5.41 Å². The highest BCUT2D eigenvalue weighted by Crippen LogP contribution is 2.31. The predicted molar refractivity (Wildman–Crippen MR) is 62.8 cm³/mol. The van der Waals surface area contributed by atoms with Crippen molar-refractivity contribution in [3.05, 3.63) is 0 Å². The van der Waals surface area contributed by atoms with E-state index in [1.54, 1.807) is 14.0 Å². The third-order valence-electron chi connectivity index (χ3n) is 2.91. The maximum absolute atomic E-state index is 10.9. The molecule has 0 fully saturated rings. The third kappa shape index (κ3) is 5.78. The summed E-state index contributed by atoms with van der Waals surface area (Å²) in [6, 6.07) is 0. The molecule has 1 unspecified atom stereocenters. The van der Waals surface area contributed by atoms with Gasteiger partial charge in [0, 0.05) is 20.6 Å². The van der Waals surface area contributed by atoms with Gasteiger partial charge in [-0.3, -0.25) is 4.79 Å². The Morgan fingerprint density at radius 2 is 1.87 bits per heavy atom. The van der Waals surface area contributed by atoms with Gasteiger partial charge in [-0.15, -0.1) is 0 Å². The third-order valence-corrected chi connectivity index (χ3v) is 2.91. The molecule has 0 bridgehead atoms. The molecule has 0 aromatic heterocycles. The molecule has 1 amide bonds. The molecule has 0 rings (SSSR count). The van der Waals surface area contributed by atoms with Crippen molar-refractivity contribution in [3.8, 4) is 0 Å². The van der Waals surface area contributed by atoms with Crippen molar-refractivity contribution in [2.75, 3.05) is 13.7 Å². The van der Waals surface area contributed by atoms with E-state index in [1.165, 1.54) is 0 Å². The van der Waals surface area contributed by atoms with Crippen LogP contribution in [0.4, 0.5) is 0 Å². The molecular formula is C12H25NO2. The van der Waals surface area contributed by atoms with E-state index in [2.05, 4.69) is 33.0 Å². The summed E-state index contributed by atoms with van der Waals surface area (Å²) in [6.07, 6.45) is 1.92. The Bertz CT molecular complexity index is 208. The van der Waals surface area contributed by atoms with E-state index in [0.717, 1.165) is 12.8 Å². The second-order valence-electron chi connectivity index (χ2n) is 5.26. The zero-order chi connectivity index (χ0) is 12.1. The molecule has 0 aromatic rings. The van der Waals surface area contributed by atoms with Gasteiger partial charge in [-0.2, -0.15) is 0 Å². The van der Waals surface area contributed by atoms with Gasteiger partial charge in [-0.05, 0) is 25.2 Å². The molecule has 15 heavy (non-hydrogen) atoms. The van der Waals surface area contributed by atoms with Crippen LogP contribution in [0.1, 0.15) is 47.5 Å². The lowest BCUT2D eigenvalue weighted by atomic mass is 9.79. The summed E-state index contributed by atoms with van der Waals surface area (Å²) >= 11 is 0. The molecular weight excluding hydrogens is 190 g/mol. The molecule has 0 aliphatic rings. The number of ether oxygens (including phenoxy) is 1. The zero-order valence-corrected chi connectivity index (χ0v) is 10.9. The van der Waals surface area contributed by atoms with E-state index in [4.69, 9.17) is 4.74 Å². The van der Waals surface area contributed by atoms with Gasteiger partial charge >= 0.3 is 0 Å². The van der Waals surface area contributed by atoms with Crippen molar-refractivity contribution in [1.29, 1.82) is 0 Å². The van der Waals surface area contributed by atoms with Crippen molar-refractivity contribution in [2.45, 2.75) is 53.1 Å². The lowest BCUT2D eigenvalue weighted by Gasteiger charge is -2.36. The van der Waals surface area contributed by atoms with Crippen LogP contribution in [0.15, 0.2) is 0 Å². The van der Waals surface area contributed by atoms with Crippen LogP contribution in [0.2, 0.25) is 0 Å². The minimum Gasteiger partial charge on any atom is -0.379 e. The van der Waals surface area contributed by atoms with Crippen LogP contribution in [-0.2, 0) is 9.53 Å². The van der Waals surface area contributed by atoms with Crippen LogP contribution in [-0.4, -0.2) is 25.2 Å². The summed E-state index contributed by atoms with van der Waals surface area (Å²) in [5.74, 6) is 0.0266. The SMILES string of the molecule is CCC(C)(CC(C)(C)CNC(C)=O)OC. The Hall–Kier alpha value is -0.570. The standard InChI is InChI=1S/C12H25NO2/c1-7-12(5,15-6)8-11(3,4)9-13-10(2)14/h7-9H2,1-6H3,(H,13,14). The first-order chi connectivity index (χ1) is 6.74. The van der Waals surface area contributed by atoms with Crippen LogP contribution in [0.3, 0.4) is 0 Å². The molecule has 3 nitrogen and oxygen atoms in total. The fourth-order valence-corrected chi connectivity index (χ4v) is 1.78. The molecule has 3 heteroatoms. The average molecular weight is 215 g/mol. The Morgan fingerprint density at radius 1 is 1.33 bits per heavy atom. The van der Waals surface area contributed by atoms with E-state index >= 15 is 0 Å². The summed E-state index contributed by atoms with van der Waals surface area (Å²) in [4.78, 5) is 10.9. The molecule has 0 saturated carbocycles. The largest absolute Gasteiger partial charge is 0.379 e. The number of carbonyl (C=O) groups excluding carboxylic acids is 1. The van der Waals surface area contributed by atoms with E-state index < -0.39 is 0 Å². The molecule has 0 spiro atoms. The molecule has 0 aliphatic carbocycles. The van der Waals surface area contributed by atoms with E-state index in [1.807, 2.05) is 0 Å². The predicted octanol–water partition coefficient (Wildman–Crippen LogP) is 2.35. The summed E-state index contributed by atoms with van der Waals surface area (Å²) in [6.45, 7) is 10.8. The molecule has 0 radical (unpaired) electrons. The van der Waals surface area contributed by atoms with Crippen LogP contribution in [0.25, 0.3) is 0 Å².